The molecule has 0 radical (unpaired) electrons. The summed E-state index contributed by atoms with van der Waals surface area (Å²) < 4.78 is 61.0. The van der Waals surface area contributed by atoms with Gasteiger partial charge >= 0.3 is 47.8 Å². The third-order valence-electron chi connectivity index (χ3n) is 8.11. The molecule has 2 saturated heterocycles. The predicted octanol–water partition coefficient (Wildman–Crippen LogP) is -0.783. The van der Waals surface area contributed by atoms with E-state index in [1.807, 2.05) is 0 Å². The van der Waals surface area contributed by atoms with Crippen molar-refractivity contribution in [3.8, 4) is 0 Å². The van der Waals surface area contributed by atoms with Crippen LogP contribution in [0.1, 0.15) is 60.5 Å². The number of hydrogen-bond acceptors (Lipinski definition) is 21. The highest BCUT2D eigenvalue weighted by Crippen LogP contribution is 2.35. The molecule has 0 spiro atoms. The van der Waals surface area contributed by atoms with Gasteiger partial charge in [-0.3, -0.25) is 38.4 Å². The summed E-state index contributed by atoms with van der Waals surface area (Å²) in [5, 5.41) is 12.8. The number of ether oxygens (including phenoxy) is 11. The van der Waals surface area contributed by atoms with E-state index in [9.17, 15) is 48.3 Å². The highest BCUT2D eigenvalue weighted by molar-refractivity contribution is 5.84. The molecule has 0 aliphatic carbocycles. The van der Waals surface area contributed by atoms with Gasteiger partial charge in [-0.1, -0.05) is 30.3 Å². The zero-order valence-electron chi connectivity index (χ0n) is 33.2. The van der Waals surface area contributed by atoms with Gasteiger partial charge in [0.1, 0.15) is 38.1 Å². The van der Waals surface area contributed by atoms with Crippen LogP contribution in [0.15, 0.2) is 30.3 Å². The Balaban J connectivity index is 2.04. The zero-order chi connectivity index (χ0) is 44.0. The second-order valence-corrected chi connectivity index (χ2v) is 13.1. The highest BCUT2D eigenvalue weighted by Gasteiger charge is 2.57. The molecule has 3 rings (SSSR count). The monoisotopic (exact) mass is 841 g/mol. The fourth-order valence-corrected chi connectivity index (χ4v) is 5.93. The van der Waals surface area contributed by atoms with E-state index in [-0.39, 0.29) is 6.61 Å². The Labute approximate surface area is 337 Å². The third-order valence-corrected chi connectivity index (χ3v) is 8.11. The molecule has 0 aromatic heterocycles. The molecule has 22 nitrogen and oxygen atoms in total. The minimum Gasteiger partial charge on any atom is -0.463 e. The number of nitrogens with one attached hydrogen (secondary N) is 1. The van der Waals surface area contributed by atoms with Crippen molar-refractivity contribution < 1.29 is 100 Å². The number of carbonyl (C=O) groups is 9. The molecule has 0 bridgehead atoms. The Morgan fingerprint density at radius 3 is 1.54 bits per heavy atom. The lowest BCUT2D eigenvalue weighted by atomic mass is 9.95. The summed E-state index contributed by atoms with van der Waals surface area (Å²) in [7, 11) is 0. The lowest BCUT2D eigenvalue weighted by Gasteiger charge is -2.48. The van der Waals surface area contributed by atoms with Crippen LogP contribution in [0, 0.1) is 0 Å². The molecule has 0 unspecified atom stereocenters. The summed E-state index contributed by atoms with van der Waals surface area (Å²) in [6.07, 6.45) is -20.1. The average molecular weight is 842 g/mol. The maximum absolute atomic E-state index is 13.2. The van der Waals surface area contributed by atoms with Crippen molar-refractivity contribution in [1.29, 1.82) is 0 Å². The first kappa shape index (κ1) is 47.7. The highest BCUT2D eigenvalue weighted by atomic mass is 16.8. The van der Waals surface area contributed by atoms with Crippen molar-refractivity contribution in [2.24, 2.45) is 0 Å². The molecule has 2 N–H and O–H groups in total. The molecule has 59 heavy (non-hydrogen) atoms. The quantitative estimate of drug-likeness (QED) is 0.144. The standard InChI is InChI=1S/C37H47NO21/c1-17(39)49-15-26-30(59-37-34(56-23(7)45)32(54-21(5)43)29(52-19(3)41)27(58-37)16-50-18(2)40)31(53-20(4)42)33(55-22(6)44)35(57-26)38-28(47)13-25(46)36(48)51-14-24-11-9-8-10-12-24/h8-12,25-27,29-35,37,46H,13-16H2,1-7H3,(H,38,47)/t25-,26+,27+,29+,30+,31-,32-,33+,34+,35+,37-/m0/s1. The second kappa shape index (κ2) is 22.4. The van der Waals surface area contributed by atoms with Gasteiger partial charge in [0, 0.05) is 48.5 Å². The number of carbonyl (C=O) groups excluding carboxylic acids is 9. The topological polar surface area (TPSA) is 287 Å². The lowest BCUT2D eigenvalue weighted by Crippen LogP contribution is -2.69. The van der Waals surface area contributed by atoms with Gasteiger partial charge in [-0.15, -0.1) is 0 Å². The molecule has 2 fully saturated rings. The van der Waals surface area contributed by atoms with Gasteiger partial charge < -0.3 is 62.5 Å². The van der Waals surface area contributed by atoms with Crippen molar-refractivity contribution in [3.05, 3.63) is 35.9 Å². The van der Waals surface area contributed by atoms with Crippen LogP contribution in [0.5, 0.6) is 0 Å². The summed E-state index contributed by atoms with van der Waals surface area (Å²) in [5.41, 5.74) is 0.605. The number of aliphatic hydroxyl groups is 1. The number of esters is 8. The molecule has 2 heterocycles. The molecule has 0 saturated carbocycles. The van der Waals surface area contributed by atoms with E-state index in [0.29, 0.717) is 5.56 Å². The lowest BCUT2D eigenvalue weighted by molar-refractivity contribution is -0.345. The third kappa shape index (κ3) is 15.2. The Morgan fingerprint density at radius 1 is 0.576 bits per heavy atom. The van der Waals surface area contributed by atoms with E-state index >= 15 is 0 Å². The molecule has 11 atom stereocenters. The van der Waals surface area contributed by atoms with Crippen LogP contribution in [0.2, 0.25) is 0 Å². The fourth-order valence-electron chi connectivity index (χ4n) is 5.93. The average Bonchev–Trinajstić information content (AvgIpc) is 3.13. The second-order valence-electron chi connectivity index (χ2n) is 13.1. The number of amides is 1. The summed E-state index contributed by atoms with van der Waals surface area (Å²) in [6, 6.07) is 8.48. The minimum atomic E-state index is -1.98. The van der Waals surface area contributed by atoms with Crippen LogP contribution in [0.3, 0.4) is 0 Å². The van der Waals surface area contributed by atoms with Crippen molar-refractivity contribution in [3.63, 3.8) is 0 Å². The number of hydrogen-bond donors (Lipinski definition) is 2. The Bertz CT molecular complexity index is 1680. The predicted molar refractivity (Wildman–Crippen MR) is 188 cm³/mol. The van der Waals surface area contributed by atoms with E-state index in [1.54, 1.807) is 30.3 Å². The summed E-state index contributed by atoms with van der Waals surface area (Å²) in [4.78, 5) is 112. The molecule has 1 aromatic carbocycles. The van der Waals surface area contributed by atoms with Crippen molar-refractivity contribution in [2.75, 3.05) is 13.2 Å². The molecule has 1 aromatic rings. The van der Waals surface area contributed by atoms with E-state index in [2.05, 4.69) is 5.32 Å². The first-order valence-electron chi connectivity index (χ1n) is 18.0. The SMILES string of the molecule is CC(=O)OC[C@H]1O[C@@H](NC(=O)C[C@H](O)C(=O)OCc2ccccc2)[C@H](OC(C)=O)[C@@H](OC(C)=O)[C@@H]1O[C@@H]1O[C@H](COC(C)=O)[C@@H](OC(C)=O)[C@H](OC(C)=O)[C@H]1OC(C)=O. The number of rotatable bonds is 17. The largest absolute Gasteiger partial charge is 0.463 e. The Kier molecular flexibility index (Phi) is 18.1. The smallest absolute Gasteiger partial charge is 0.335 e. The Morgan fingerprint density at radius 2 is 1.03 bits per heavy atom. The summed E-state index contributed by atoms with van der Waals surface area (Å²) in [5.74, 6) is -8.68. The molecule has 326 valence electrons. The van der Waals surface area contributed by atoms with Crippen LogP contribution in [0.4, 0.5) is 0 Å². The zero-order valence-corrected chi connectivity index (χ0v) is 33.2. The first-order valence-corrected chi connectivity index (χ1v) is 18.0. The van der Waals surface area contributed by atoms with Gasteiger partial charge in [0.2, 0.25) is 5.91 Å². The van der Waals surface area contributed by atoms with Crippen LogP contribution in [-0.2, 0) is 102 Å². The van der Waals surface area contributed by atoms with Crippen molar-refractivity contribution >= 4 is 53.7 Å². The maximum Gasteiger partial charge on any atom is 0.335 e. The molecule has 22 heteroatoms. The summed E-state index contributed by atoms with van der Waals surface area (Å²) in [6.45, 7) is 5.48. The van der Waals surface area contributed by atoms with Crippen LogP contribution in [0.25, 0.3) is 0 Å². The van der Waals surface area contributed by atoms with E-state index < -0.39 is 141 Å². The molecular weight excluding hydrogens is 794 g/mol. The minimum absolute atomic E-state index is 0.207. The van der Waals surface area contributed by atoms with Crippen LogP contribution >= 0.6 is 0 Å². The van der Waals surface area contributed by atoms with Gasteiger partial charge in [-0.25, -0.2) is 4.79 Å². The molecule has 2 aliphatic rings. The number of aliphatic hydroxyl groups excluding tert-OH is 1. The Hall–Kier alpha value is -5.71. The normalized spacial score (nSPS) is 26.7. The van der Waals surface area contributed by atoms with Crippen molar-refractivity contribution in [2.45, 2.75) is 129 Å². The van der Waals surface area contributed by atoms with E-state index in [1.165, 1.54) is 0 Å². The van der Waals surface area contributed by atoms with Gasteiger partial charge in [-0.2, -0.15) is 0 Å². The number of benzene rings is 1. The van der Waals surface area contributed by atoms with Crippen LogP contribution < -0.4 is 5.32 Å². The maximum atomic E-state index is 13.2. The van der Waals surface area contributed by atoms with Gasteiger partial charge in [0.15, 0.2) is 49.1 Å². The van der Waals surface area contributed by atoms with Gasteiger partial charge in [0.05, 0.1) is 6.42 Å². The molecule has 1 amide bonds. The van der Waals surface area contributed by atoms with Crippen LogP contribution in [-0.4, -0.2) is 139 Å². The van der Waals surface area contributed by atoms with Gasteiger partial charge in [-0.05, 0) is 5.56 Å². The van der Waals surface area contributed by atoms with Gasteiger partial charge in [0.25, 0.3) is 0 Å². The van der Waals surface area contributed by atoms with E-state index in [0.717, 1.165) is 48.5 Å². The molecular formula is C37H47NO21. The van der Waals surface area contributed by atoms with Crippen molar-refractivity contribution in [1.82, 2.24) is 5.32 Å². The van der Waals surface area contributed by atoms with E-state index in [4.69, 9.17) is 52.1 Å². The summed E-state index contributed by atoms with van der Waals surface area (Å²) >= 11 is 0. The fraction of sp³-hybridized carbons (Fsp3) is 0.595. The first-order chi connectivity index (χ1) is 27.7. The molecule has 2 aliphatic heterocycles.